The van der Waals surface area contributed by atoms with Crippen molar-refractivity contribution in [1.82, 2.24) is 9.97 Å². The van der Waals surface area contributed by atoms with Crippen LogP contribution in [0.3, 0.4) is 0 Å². The van der Waals surface area contributed by atoms with Crippen LogP contribution < -0.4 is 5.56 Å². The van der Waals surface area contributed by atoms with Crippen molar-refractivity contribution in [3.05, 3.63) is 39.6 Å². The van der Waals surface area contributed by atoms with E-state index in [1.54, 1.807) is 0 Å². The minimum atomic E-state index is -4.90. The van der Waals surface area contributed by atoms with Gasteiger partial charge >= 0.3 is 6.18 Å². The second kappa shape index (κ2) is 6.02. The summed E-state index contributed by atoms with van der Waals surface area (Å²) in [4.78, 5) is 17.3. The Labute approximate surface area is 136 Å². The van der Waals surface area contributed by atoms with Gasteiger partial charge in [0.1, 0.15) is 41.6 Å². The first-order valence-electron chi connectivity index (χ1n) is 7.06. The van der Waals surface area contributed by atoms with Crippen molar-refractivity contribution >= 4 is 11.0 Å². The molecule has 3 rings (SSSR count). The highest BCUT2D eigenvalue weighted by Crippen LogP contribution is 2.34. The summed E-state index contributed by atoms with van der Waals surface area (Å²) in [5.74, 6) is -1.28. The Kier molecular flexibility index (Phi) is 4.27. The number of ether oxygens (including phenoxy) is 1. The molecule has 1 aliphatic heterocycles. The molecule has 0 spiro atoms. The molecule has 1 unspecified atom stereocenters. The summed E-state index contributed by atoms with van der Waals surface area (Å²) in [6.07, 6.45) is -10.5. The maximum absolute atomic E-state index is 14.0. The number of hydrogen-bond donors (Lipinski definition) is 4. The fourth-order valence-electron chi connectivity index (χ4n) is 2.67. The van der Waals surface area contributed by atoms with Gasteiger partial charge in [-0.1, -0.05) is 0 Å². The van der Waals surface area contributed by atoms with Crippen LogP contribution >= 0.6 is 0 Å². The highest BCUT2D eigenvalue weighted by molar-refractivity contribution is 5.76. The Hall–Kier alpha value is -2.08. The zero-order valence-electron chi connectivity index (χ0n) is 12.3. The highest BCUT2D eigenvalue weighted by atomic mass is 19.4. The topological polar surface area (TPSA) is 116 Å². The van der Waals surface area contributed by atoms with E-state index in [9.17, 15) is 32.6 Å². The second-order valence-electron chi connectivity index (χ2n) is 5.56. The van der Waals surface area contributed by atoms with E-state index in [1.165, 1.54) is 0 Å². The molecule has 3 heterocycles. The average Bonchev–Trinajstić information content (AvgIpc) is 2.81. The quantitative estimate of drug-likeness (QED) is 0.568. The molecule has 11 heteroatoms. The number of rotatable bonds is 2. The van der Waals surface area contributed by atoms with Crippen LogP contribution in [0.15, 0.2) is 16.9 Å². The van der Waals surface area contributed by atoms with Gasteiger partial charge in [-0.3, -0.25) is 4.79 Å². The fourth-order valence-corrected chi connectivity index (χ4v) is 2.67. The zero-order valence-corrected chi connectivity index (χ0v) is 12.3. The lowest BCUT2D eigenvalue weighted by atomic mass is 10.0. The fraction of sp³-hybridized carbons (Fsp3) is 0.429. The Morgan fingerprint density at radius 3 is 2.48 bits per heavy atom. The summed E-state index contributed by atoms with van der Waals surface area (Å²) in [6, 6.07) is 1.08. The molecule has 1 fully saturated rings. The molecule has 136 valence electrons. The highest BCUT2D eigenvalue weighted by Gasteiger charge is 2.44. The van der Waals surface area contributed by atoms with Gasteiger partial charge in [-0.2, -0.15) is 13.2 Å². The summed E-state index contributed by atoms with van der Waals surface area (Å²) in [5.41, 5.74) is -3.40. The van der Waals surface area contributed by atoms with E-state index in [4.69, 9.17) is 9.84 Å². The molecule has 0 aromatic carbocycles. The van der Waals surface area contributed by atoms with E-state index in [1.807, 2.05) is 4.98 Å². The third-order valence-corrected chi connectivity index (χ3v) is 3.94. The summed E-state index contributed by atoms with van der Waals surface area (Å²) in [7, 11) is 0. The summed E-state index contributed by atoms with van der Waals surface area (Å²) >= 11 is 0. The van der Waals surface area contributed by atoms with E-state index in [-0.39, 0.29) is 11.6 Å². The maximum Gasteiger partial charge on any atom is 0.433 e. The van der Waals surface area contributed by atoms with E-state index in [0.717, 1.165) is 6.07 Å². The lowest BCUT2D eigenvalue weighted by Crippen LogP contribution is -2.33. The van der Waals surface area contributed by atoms with E-state index >= 15 is 0 Å². The van der Waals surface area contributed by atoms with Crippen LogP contribution in [0.2, 0.25) is 0 Å². The third kappa shape index (κ3) is 2.99. The number of aliphatic hydroxyl groups excluding tert-OH is 3. The van der Waals surface area contributed by atoms with Gasteiger partial charge in [-0.25, -0.2) is 9.37 Å². The standard InChI is InChI=1S/C14H12F4N2O5/c15-6-2-8(14(16,17)18)19-12-4(6)1-5(13(24)20-12)11-10(23)9(22)7(3-21)25-11/h1-2,7,9-11,21-23H,3H2,(H,19,20,24)/t7-,9?,10+,11+/m1/s1. The number of nitrogens with zero attached hydrogens (tertiary/aromatic N) is 1. The number of pyridine rings is 2. The molecule has 0 amide bonds. The smallest absolute Gasteiger partial charge is 0.394 e. The molecule has 2 aromatic rings. The van der Waals surface area contributed by atoms with Crippen LogP contribution in [0.4, 0.5) is 17.6 Å². The molecule has 1 aliphatic rings. The lowest BCUT2D eigenvalue weighted by molar-refractivity contribution is -0.141. The average molecular weight is 364 g/mol. The Morgan fingerprint density at radius 2 is 1.92 bits per heavy atom. The third-order valence-electron chi connectivity index (χ3n) is 3.94. The van der Waals surface area contributed by atoms with Crippen molar-refractivity contribution < 1.29 is 37.6 Å². The van der Waals surface area contributed by atoms with Gasteiger partial charge < -0.3 is 25.0 Å². The lowest BCUT2D eigenvalue weighted by Gasteiger charge is -2.15. The van der Waals surface area contributed by atoms with Crippen molar-refractivity contribution in [2.24, 2.45) is 0 Å². The van der Waals surface area contributed by atoms with Gasteiger partial charge in [0.05, 0.1) is 12.0 Å². The van der Waals surface area contributed by atoms with Crippen LogP contribution in [-0.4, -0.2) is 50.2 Å². The number of aromatic amines is 1. The Morgan fingerprint density at radius 1 is 1.24 bits per heavy atom. The minimum absolute atomic E-state index is 0.182. The van der Waals surface area contributed by atoms with Crippen molar-refractivity contribution in [2.75, 3.05) is 6.61 Å². The van der Waals surface area contributed by atoms with Crippen LogP contribution in [0.1, 0.15) is 17.4 Å². The number of fused-ring (bicyclic) bond motifs is 1. The Bertz CT molecular complexity index is 869. The molecule has 4 N–H and O–H groups in total. The van der Waals surface area contributed by atoms with Gasteiger partial charge in [-0.05, 0) is 6.07 Å². The van der Waals surface area contributed by atoms with Crippen LogP contribution in [-0.2, 0) is 10.9 Å². The summed E-state index contributed by atoms with van der Waals surface area (Å²) < 4.78 is 57.2. The number of alkyl halides is 3. The van der Waals surface area contributed by atoms with Crippen molar-refractivity contribution in [3.63, 3.8) is 0 Å². The van der Waals surface area contributed by atoms with Crippen molar-refractivity contribution in [3.8, 4) is 0 Å². The van der Waals surface area contributed by atoms with Gasteiger partial charge in [0.15, 0.2) is 0 Å². The van der Waals surface area contributed by atoms with Gasteiger partial charge in [0.2, 0.25) is 0 Å². The molecule has 0 radical (unpaired) electrons. The molecule has 2 aromatic heterocycles. The number of halogens is 4. The van der Waals surface area contributed by atoms with E-state index < -0.39 is 65.3 Å². The van der Waals surface area contributed by atoms with Gasteiger partial charge in [0, 0.05) is 11.6 Å². The number of H-pyrrole nitrogens is 1. The summed E-state index contributed by atoms with van der Waals surface area (Å²) in [6.45, 7) is -0.634. The normalized spacial score (nSPS) is 27.2. The minimum Gasteiger partial charge on any atom is -0.394 e. The molecule has 0 aliphatic carbocycles. The monoisotopic (exact) mass is 364 g/mol. The molecule has 4 atom stereocenters. The number of nitrogens with one attached hydrogen (secondary N) is 1. The first-order valence-corrected chi connectivity index (χ1v) is 7.06. The maximum atomic E-state index is 14.0. The second-order valence-corrected chi connectivity index (χ2v) is 5.56. The molecule has 25 heavy (non-hydrogen) atoms. The molecular weight excluding hydrogens is 352 g/mol. The number of hydrogen-bond acceptors (Lipinski definition) is 6. The first kappa shape index (κ1) is 17.7. The first-order chi connectivity index (χ1) is 11.6. The van der Waals surface area contributed by atoms with E-state index in [0.29, 0.717) is 0 Å². The largest absolute Gasteiger partial charge is 0.433 e. The van der Waals surface area contributed by atoms with Crippen LogP contribution in [0, 0.1) is 5.82 Å². The molecule has 0 bridgehead atoms. The predicted molar refractivity (Wildman–Crippen MR) is 74.0 cm³/mol. The Balaban J connectivity index is 2.12. The zero-order chi connectivity index (χ0) is 18.5. The number of aromatic nitrogens is 2. The number of aliphatic hydroxyl groups is 3. The predicted octanol–water partition coefficient (Wildman–Crippen LogP) is 0.235. The van der Waals surface area contributed by atoms with Crippen molar-refractivity contribution in [2.45, 2.75) is 30.6 Å². The molecule has 1 saturated heterocycles. The van der Waals surface area contributed by atoms with Crippen LogP contribution in [0.25, 0.3) is 11.0 Å². The SMILES string of the molecule is O=c1[nH]c2nc(C(F)(F)F)cc(F)c2cc1[C@@H]1O[C@H](CO)C(O)[C@@H]1O. The molecular formula is C14H12F4N2O5. The van der Waals surface area contributed by atoms with Crippen LogP contribution in [0.5, 0.6) is 0 Å². The van der Waals surface area contributed by atoms with Crippen molar-refractivity contribution in [1.29, 1.82) is 0 Å². The molecule has 0 saturated carbocycles. The van der Waals surface area contributed by atoms with Gasteiger partial charge in [0.25, 0.3) is 5.56 Å². The summed E-state index contributed by atoms with van der Waals surface area (Å²) in [5, 5.41) is 28.3. The van der Waals surface area contributed by atoms with E-state index in [2.05, 4.69) is 4.98 Å². The van der Waals surface area contributed by atoms with Gasteiger partial charge in [-0.15, -0.1) is 0 Å². The molecule has 7 nitrogen and oxygen atoms in total.